The van der Waals surface area contributed by atoms with Gasteiger partial charge in [0.25, 0.3) is 5.91 Å². The van der Waals surface area contributed by atoms with Gasteiger partial charge in [-0.05, 0) is 36.8 Å². The average Bonchev–Trinajstić information content (AvgIpc) is 3.31. The maximum atomic E-state index is 12.7. The van der Waals surface area contributed by atoms with Gasteiger partial charge < -0.3 is 24.6 Å². The lowest BCUT2D eigenvalue weighted by molar-refractivity contribution is -0.149. The van der Waals surface area contributed by atoms with Crippen LogP contribution in [0.2, 0.25) is 0 Å². The monoisotopic (exact) mass is 453 g/mol. The molecule has 3 aromatic rings. The quantitative estimate of drug-likeness (QED) is 0.525. The third-order valence-electron chi connectivity index (χ3n) is 5.20. The van der Waals surface area contributed by atoms with E-state index in [4.69, 9.17) is 19.3 Å². The van der Waals surface area contributed by atoms with Gasteiger partial charge in [0.15, 0.2) is 5.82 Å². The van der Waals surface area contributed by atoms with Crippen LogP contribution in [0, 0.1) is 6.92 Å². The van der Waals surface area contributed by atoms with Gasteiger partial charge in [0, 0.05) is 17.8 Å². The molecule has 0 spiro atoms. The van der Waals surface area contributed by atoms with Crippen LogP contribution < -0.4 is 10.1 Å². The lowest BCUT2D eigenvalue weighted by Gasteiger charge is -2.28. The predicted molar refractivity (Wildman–Crippen MR) is 119 cm³/mol. The lowest BCUT2D eigenvalue weighted by Crippen LogP contribution is -2.39. The Morgan fingerprint density at radius 1 is 1.24 bits per heavy atom. The number of nitrogens with one attached hydrogen (secondary N) is 1. The Morgan fingerprint density at radius 3 is 2.82 bits per heavy atom. The number of nitrogens with zero attached hydrogens (tertiary/aromatic N) is 4. The first kappa shape index (κ1) is 22.8. The highest BCUT2D eigenvalue weighted by Gasteiger charge is 2.22. The van der Waals surface area contributed by atoms with E-state index in [0.29, 0.717) is 49.1 Å². The third-order valence-corrected chi connectivity index (χ3v) is 5.20. The van der Waals surface area contributed by atoms with Crippen molar-refractivity contribution in [1.29, 1.82) is 0 Å². The maximum absolute atomic E-state index is 12.7. The van der Waals surface area contributed by atoms with E-state index in [9.17, 15) is 4.79 Å². The van der Waals surface area contributed by atoms with Crippen molar-refractivity contribution in [2.75, 3.05) is 26.9 Å². The van der Waals surface area contributed by atoms with Crippen molar-refractivity contribution in [2.45, 2.75) is 32.2 Å². The summed E-state index contributed by atoms with van der Waals surface area (Å²) in [6.07, 6.45) is 1.18. The average molecular weight is 453 g/mol. The molecule has 0 bridgehead atoms. The molecule has 0 radical (unpaired) electrons. The molecule has 1 unspecified atom stereocenters. The van der Waals surface area contributed by atoms with E-state index >= 15 is 0 Å². The van der Waals surface area contributed by atoms with Crippen LogP contribution in [0.3, 0.4) is 0 Å². The summed E-state index contributed by atoms with van der Waals surface area (Å²) in [5, 5.41) is 16.5. The molecular formula is C23H27N5O5. The van der Waals surface area contributed by atoms with Crippen molar-refractivity contribution in [3.8, 4) is 17.1 Å². The third kappa shape index (κ3) is 5.92. The van der Waals surface area contributed by atoms with Gasteiger partial charge in [-0.15, -0.1) is 0 Å². The number of ether oxygens (including phenoxy) is 3. The Kier molecular flexibility index (Phi) is 7.28. The van der Waals surface area contributed by atoms with E-state index in [-0.39, 0.29) is 24.7 Å². The summed E-state index contributed by atoms with van der Waals surface area (Å²) in [4.78, 5) is 21.5. The zero-order valence-corrected chi connectivity index (χ0v) is 18.6. The zero-order valence-electron chi connectivity index (χ0n) is 18.6. The largest absolute Gasteiger partial charge is 0.497 e. The van der Waals surface area contributed by atoms with Gasteiger partial charge in [-0.25, -0.2) is 14.6 Å². The lowest BCUT2D eigenvalue weighted by atomic mass is 10.1. The molecule has 1 saturated heterocycles. The van der Waals surface area contributed by atoms with E-state index in [1.54, 1.807) is 24.2 Å². The highest BCUT2D eigenvalue weighted by atomic mass is 16.6. The SMILES string of the molecule is COc1cccc(CNC(=O)c2cc(-c3ncn(C[C@H]4COC(CO)CO4)n3)cc(C)n2)c1. The van der Waals surface area contributed by atoms with E-state index in [1.807, 2.05) is 37.3 Å². The minimum absolute atomic E-state index is 0.0585. The maximum Gasteiger partial charge on any atom is 0.270 e. The van der Waals surface area contributed by atoms with Crippen LogP contribution in [0.1, 0.15) is 21.7 Å². The second-order valence-electron chi connectivity index (χ2n) is 7.80. The molecule has 10 nitrogen and oxygen atoms in total. The number of aliphatic hydroxyl groups is 1. The molecule has 0 aliphatic carbocycles. The number of aromatic nitrogens is 4. The Hall–Kier alpha value is -3.34. The molecule has 10 heteroatoms. The molecule has 0 saturated carbocycles. The number of carbonyl (C=O) groups excluding carboxylic acids is 1. The molecular weight excluding hydrogens is 426 g/mol. The topological polar surface area (TPSA) is 121 Å². The number of methoxy groups -OCH3 is 1. The molecule has 2 N–H and O–H groups in total. The van der Waals surface area contributed by atoms with Crippen LogP contribution in [0.25, 0.3) is 11.4 Å². The summed E-state index contributed by atoms with van der Waals surface area (Å²) in [5.74, 6) is 0.943. The fourth-order valence-electron chi connectivity index (χ4n) is 3.49. The fourth-order valence-corrected chi connectivity index (χ4v) is 3.49. The van der Waals surface area contributed by atoms with Gasteiger partial charge in [-0.2, -0.15) is 5.10 Å². The molecule has 174 valence electrons. The Morgan fingerprint density at radius 2 is 2.06 bits per heavy atom. The first-order valence-corrected chi connectivity index (χ1v) is 10.7. The second-order valence-corrected chi connectivity index (χ2v) is 7.80. The summed E-state index contributed by atoms with van der Waals surface area (Å²) < 4.78 is 18.1. The second kappa shape index (κ2) is 10.5. The van der Waals surface area contributed by atoms with Crippen molar-refractivity contribution in [1.82, 2.24) is 25.1 Å². The Bertz CT molecular complexity index is 1090. The normalized spacial score (nSPS) is 18.2. The number of benzene rings is 1. The Balaban J connectivity index is 1.41. The van der Waals surface area contributed by atoms with E-state index in [0.717, 1.165) is 11.3 Å². The van der Waals surface area contributed by atoms with Gasteiger partial charge in [0.2, 0.25) is 0 Å². The van der Waals surface area contributed by atoms with Crippen molar-refractivity contribution in [2.24, 2.45) is 0 Å². The van der Waals surface area contributed by atoms with Crippen molar-refractivity contribution < 1.29 is 24.1 Å². The minimum atomic E-state index is -0.284. The van der Waals surface area contributed by atoms with Crippen molar-refractivity contribution in [3.63, 3.8) is 0 Å². The van der Waals surface area contributed by atoms with Gasteiger partial charge in [0.05, 0.1) is 33.5 Å². The number of aliphatic hydroxyl groups excluding tert-OH is 1. The smallest absolute Gasteiger partial charge is 0.270 e. The molecule has 1 fully saturated rings. The molecule has 1 aliphatic heterocycles. The first-order chi connectivity index (χ1) is 16.0. The van der Waals surface area contributed by atoms with Crippen LogP contribution in [-0.4, -0.2) is 69.9 Å². The molecule has 1 aliphatic rings. The van der Waals surface area contributed by atoms with Gasteiger partial charge >= 0.3 is 0 Å². The van der Waals surface area contributed by atoms with Gasteiger partial charge in [-0.1, -0.05) is 12.1 Å². The number of aryl methyl sites for hydroxylation is 1. The van der Waals surface area contributed by atoms with E-state index in [1.165, 1.54) is 0 Å². The predicted octanol–water partition coefficient (Wildman–Crippen LogP) is 1.36. The molecule has 1 amide bonds. The summed E-state index contributed by atoms with van der Waals surface area (Å²) in [6, 6.07) is 11.0. The number of pyridine rings is 1. The first-order valence-electron chi connectivity index (χ1n) is 10.7. The number of carbonyl (C=O) groups is 1. The van der Waals surface area contributed by atoms with Crippen LogP contribution >= 0.6 is 0 Å². The number of amides is 1. The standard InChI is InChI=1S/C23H27N5O5/c1-15-6-17(22-25-14-28(27-22)10-19-12-33-20(11-29)13-32-19)8-21(26-15)23(30)24-9-16-4-3-5-18(7-16)31-2/h3-8,14,19-20,29H,9-13H2,1-2H3,(H,24,30)/t19-,20?/m0/s1. The number of hydrogen-bond donors (Lipinski definition) is 2. The van der Waals surface area contributed by atoms with Gasteiger partial charge in [-0.3, -0.25) is 4.79 Å². The summed E-state index contributed by atoms with van der Waals surface area (Å²) in [5.41, 5.74) is 2.61. The van der Waals surface area contributed by atoms with Gasteiger partial charge in [0.1, 0.15) is 30.0 Å². The summed E-state index contributed by atoms with van der Waals surface area (Å²) in [6.45, 7) is 3.33. The molecule has 3 heterocycles. The van der Waals surface area contributed by atoms with Crippen LogP contribution in [0.5, 0.6) is 5.75 Å². The van der Waals surface area contributed by atoms with E-state index < -0.39 is 0 Å². The van der Waals surface area contributed by atoms with E-state index in [2.05, 4.69) is 20.4 Å². The van der Waals surface area contributed by atoms with Crippen LogP contribution in [-0.2, 0) is 22.6 Å². The molecule has 2 aromatic heterocycles. The van der Waals surface area contributed by atoms with Crippen molar-refractivity contribution >= 4 is 5.91 Å². The van der Waals surface area contributed by atoms with Crippen LogP contribution in [0.15, 0.2) is 42.7 Å². The zero-order chi connectivity index (χ0) is 23.2. The van der Waals surface area contributed by atoms with Crippen molar-refractivity contribution in [3.05, 3.63) is 59.7 Å². The van der Waals surface area contributed by atoms with Crippen LogP contribution in [0.4, 0.5) is 0 Å². The molecule has 2 atom stereocenters. The minimum Gasteiger partial charge on any atom is -0.497 e. The summed E-state index contributed by atoms with van der Waals surface area (Å²) in [7, 11) is 1.60. The highest BCUT2D eigenvalue weighted by Crippen LogP contribution is 2.18. The Labute approximate surface area is 191 Å². The highest BCUT2D eigenvalue weighted by molar-refractivity contribution is 5.93. The fraction of sp³-hybridized carbons (Fsp3) is 0.391. The number of hydrogen-bond acceptors (Lipinski definition) is 8. The molecule has 1 aromatic carbocycles. The summed E-state index contributed by atoms with van der Waals surface area (Å²) >= 11 is 0. The molecule has 4 rings (SSSR count). The molecule has 33 heavy (non-hydrogen) atoms. The number of rotatable bonds is 8.